The number of halogens is 3. The minimum Gasteiger partial charge on any atom is -0.399 e. The van der Waals surface area contributed by atoms with Gasteiger partial charge in [-0.05, 0) is 221 Å². The molecule has 5 heterocycles. The van der Waals surface area contributed by atoms with Crippen molar-refractivity contribution in [2.75, 3.05) is 0 Å². The van der Waals surface area contributed by atoms with Crippen molar-refractivity contribution in [1.29, 1.82) is 0 Å². The Morgan fingerprint density at radius 2 is 0.532 bits per heavy atom. The number of aromatic nitrogens is 4. The third kappa shape index (κ3) is 14.1. The van der Waals surface area contributed by atoms with Crippen LogP contribution >= 0.6 is 39.1 Å². The second-order valence-corrected chi connectivity index (χ2v) is 34.6. The van der Waals surface area contributed by atoms with Crippen molar-refractivity contribution < 1.29 is 9.31 Å². The lowest BCUT2D eigenvalue weighted by Crippen LogP contribution is -2.41. The lowest BCUT2D eigenvalue weighted by molar-refractivity contribution is 0.00578. The topological polar surface area (TPSA) is 38.2 Å². The Bertz CT molecular complexity index is 7790. The molecule has 0 radical (unpaired) electrons. The van der Waals surface area contributed by atoms with Crippen LogP contribution in [-0.4, -0.2) is 36.6 Å². The number of hydrogen-bond acceptors (Lipinski definition) is 2. The zero-order valence-corrected chi connectivity index (χ0v) is 71.8. The van der Waals surface area contributed by atoms with Gasteiger partial charge in [-0.25, -0.2) is 0 Å². The predicted octanol–water partition coefficient (Wildman–Crippen LogP) is 31.5. The quantitative estimate of drug-likeness (QED) is 0.114. The molecule has 0 atom stereocenters. The van der Waals surface area contributed by atoms with Gasteiger partial charge >= 0.3 is 7.12 Å². The first-order valence-corrected chi connectivity index (χ1v) is 43.6. The van der Waals surface area contributed by atoms with E-state index >= 15 is 0 Å². The molecule has 1 aliphatic rings. The van der Waals surface area contributed by atoms with E-state index in [-0.39, 0.29) is 11.2 Å². The summed E-state index contributed by atoms with van der Waals surface area (Å²) < 4.78 is 23.3. The molecule has 1 aliphatic heterocycles. The highest BCUT2D eigenvalue weighted by atomic mass is 79.9. The molecular weight excluding hydrogens is 1620 g/mol. The van der Waals surface area contributed by atoms with Gasteiger partial charge in [0.1, 0.15) is 0 Å². The summed E-state index contributed by atoms with van der Waals surface area (Å²) in [6.07, 6.45) is 0. The molecule has 23 rings (SSSR count). The van der Waals surface area contributed by atoms with Gasteiger partial charge in [0.05, 0.1) is 76.8 Å². The Morgan fingerprint density at radius 1 is 0.234 bits per heavy atom. The molecule has 0 N–H and O–H groups in total. The highest BCUT2D eigenvalue weighted by Crippen LogP contribution is 2.46. The van der Waals surface area contributed by atoms with Gasteiger partial charge in [0.25, 0.3) is 0 Å². The number of fused-ring (bicyclic) bond motifs is 12. The summed E-state index contributed by atoms with van der Waals surface area (Å²) in [6.45, 7) is 8.40. The standard InChI is InChI=1S/C54H35ClN2.C36H32BNO2.C24H15BrClN/c55-48-20-12-22-52-54(48)47-34-41(27-32-51(47)56(52)43-28-23-38(24-29-43)36-13-4-1-5-14-36)40-26-31-50-46(33-40)45-19-10-11-21-49(45)57(50)53-35-42(37-15-6-2-7-16-37)25-30-44(53)39-17-8-3-9-18-39;1-35(2)36(3,4)40-37(39-35)28-20-22-33-31(24-28)30-17-11-12-18-32(30)38(33)34-23-27(25-13-7-5-8-14-25)19-21-29(34)26-15-9-6-10-16-26;25-18-11-14-22-20(15-18)24-21(26)7-4-8-23(24)27(22)19-12-9-17(10-13-19)16-5-2-1-3-6-16/h1-35H;5-24H,1-4H3;1-15H. The van der Waals surface area contributed by atoms with Crippen molar-refractivity contribution in [2.45, 2.75) is 38.9 Å². The van der Waals surface area contributed by atoms with E-state index < -0.39 is 7.12 Å². The van der Waals surface area contributed by atoms with Crippen molar-refractivity contribution in [3.63, 3.8) is 0 Å². The van der Waals surface area contributed by atoms with E-state index in [0.717, 1.165) is 103 Å². The lowest BCUT2D eigenvalue weighted by atomic mass is 9.78. The Hall–Kier alpha value is -13.8. The van der Waals surface area contributed by atoms with Crippen LogP contribution in [0.5, 0.6) is 0 Å². The first kappa shape index (κ1) is 77.5. The third-order valence-electron chi connectivity index (χ3n) is 25.0. The molecule has 1 saturated heterocycles. The summed E-state index contributed by atoms with van der Waals surface area (Å²) in [5.74, 6) is 0. The smallest absolute Gasteiger partial charge is 0.399 e. The van der Waals surface area contributed by atoms with Crippen LogP contribution in [0.3, 0.4) is 0 Å². The average molecular weight is 1700 g/mol. The fourth-order valence-corrected chi connectivity index (χ4v) is 19.1. The van der Waals surface area contributed by atoms with Crippen LogP contribution in [-0.2, 0) is 9.31 Å². The molecule has 0 amide bonds. The molecule has 594 valence electrons. The van der Waals surface area contributed by atoms with Gasteiger partial charge < -0.3 is 27.6 Å². The van der Waals surface area contributed by atoms with Crippen LogP contribution in [0.1, 0.15) is 27.7 Å². The van der Waals surface area contributed by atoms with Crippen LogP contribution in [0.4, 0.5) is 0 Å². The second-order valence-electron chi connectivity index (χ2n) is 32.9. The highest BCUT2D eigenvalue weighted by molar-refractivity contribution is 9.10. The number of rotatable bonds is 12. The molecular formula is C114H82BBrCl2N4O2. The van der Waals surface area contributed by atoms with Crippen LogP contribution in [0, 0.1) is 0 Å². The van der Waals surface area contributed by atoms with Crippen LogP contribution in [0.25, 0.3) is 188 Å². The van der Waals surface area contributed by atoms with Crippen LogP contribution < -0.4 is 5.46 Å². The van der Waals surface area contributed by atoms with E-state index in [4.69, 9.17) is 32.5 Å². The third-order valence-corrected chi connectivity index (χ3v) is 26.1. The fraction of sp³-hybridized carbons (Fsp3) is 0.0526. The Balaban J connectivity index is 0.000000122. The lowest BCUT2D eigenvalue weighted by Gasteiger charge is -2.32. The number of hydrogen-bond donors (Lipinski definition) is 0. The molecule has 0 saturated carbocycles. The highest BCUT2D eigenvalue weighted by Gasteiger charge is 2.52. The van der Waals surface area contributed by atoms with Crippen molar-refractivity contribution >= 4 is 139 Å². The first-order valence-electron chi connectivity index (χ1n) is 42.1. The predicted molar refractivity (Wildman–Crippen MR) is 528 cm³/mol. The van der Waals surface area contributed by atoms with Gasteiger partial charge in [-0.3, -0.25) is 0 Å². The van der Waals surface area contributed by atoms with E-state index in [1.807, 2.05) is 30.3 Å². The Labute approximate surface area is 739 Å². The molecule has 22 aromatic rings. The van der Waals surface area contributed by atoms with Gasteiger partial charge in [0.2, 0.25) is 0 Å². The molecule has 0 unspecified atom stereocenters. The molecule has 1 fully saturated rings. The molecule has 0 spiro atoms. The summed E-state index contributed by atoms with van der Waals surface area (Å²) in [6, 6.07) is 151. The number of benzene rings is 18. The van der Waals surface area contributed by atoms with Gasteiger partial charge in [0.15, 0.2) is 0 Å². The fourth-order valence-electron chi connectivity index (χ4n) is 18.2. The molecule has 18 aromatic carbocycles. The minimum absolute atomic E-state index is 0.386. The summed E-state index contributed by atoms with van der Waals surface area (Å²) in [5, 5.41) is 10.8. The van der Waals surface area contributed by atoms with Gasteiger partial charge in [-0.2, -0.15) is 0 Å². The molecule has 0 aliphatic carbocycles. The average Bonchev–Trinajstić information content (AvgIpc) is 1.58. The van der Waals surface area contributed by atoms with Gasteiger partial charge in [-0.15, -0.1) is 0 Å². The maximum Gasteiger partial charge on any atom is 0.494 e. The molecule has 0 bridgehead atoms. The molecule has 124 heavy (non-hydrogen) atoms. The Kier molecular flexibility index (Phi) is 20.1. The number of nitrogens with zero attached hydrogens (tertiary/aromatic N) is 4. The van der Waals surface area contributed by atoms with Gasteiger partial charge in [0, 0.05) is 70.1 Å². The molecule has 6 nitrogen and oxygen atoms in total. The maximum atomic E-state index is 7.04. The normalized spacial score (nSPS) is 13.0. The second kappa shape index (κ2) is 32.2. The van der Waals surface area contributed by atoms with E-state index in [1.165, 1.54) is 105 Å². The molecule has 4 aromatic heterocycles. The van der Waals surface area contributed by atoms with E-state index in [1.54, 1.807) is 0 Å². The zero-order chi connectivity index (χ0) is 83.7. The van der Waals surface area contributed by atoms with Crippen molar-refractivity contribution in [3.05, 3.63) is 439 Å². The summed E-state index contributed by atoms with van der Waals surface area (Å²) in [5.41, 5.74) is 30.6. The van der Waals surface area contributed by atoms with Crippen LogP contribution in [0.15, 0.2) is 429 Å². The Morgan fingerprint density at radius 3 is 0.960 bits per heavy atom. The van der Waals surface area contributed by atoms with E-state index in [0.29, 0.717) is 0 Å². The van der Waals surface area contributed by atoms with Gasteiger partial charge in [-0.1, -0.05) is 342 Å². The monoisotopic (exact) mass is 1700 g/mol. The van der Waals surface area contributed by atoms with Crippen molar-refractivity contribution in [1.82, 2.24) is 18.3 Å². The van der Waals surface area contributed by atoms with Crippen LogP contribution in [0.2, 0.25) is 10.0 Å². The zero-order valence-electron chi connectivity index (χ0n) is 68.7. The van der Waals surface area contributed by atoms with E-state index in [9.17, 15) is 0 Å². The summed E-state index contributed by atoms with van der Waals surface area (Å²) >= 11 is 17.2. The SMILES string of the molecule is CC1(C)OB(c2ccc3c(c2)c2ccccc2n3-c2cc(-c3ccccc3)ccc2-c2ccccc2)OC1(C)C.Clc1cccc2c1c1cc(-c3ccc4c(c3)c3ccccc3n4-c3cc(-c4ccccc4)ccc3-c3ccccc3)ccc1n2-c1ccc(-c2ccccc2)cc1.Clc1cccc2c1c1cc(Br)ccc1n2-c1ccc(-c2ccccc2)cc1. The van der Waals surface area contributed by atoms with Crippen molar-refractivity contribution in [2.24, 2.45) is 0 Å². The largest absolute Gasteiger partial charge is 0.494 e. The minimum atomic E-state index is -0.405. The molecule has 10 heteroatoms. The van der Waals surface area contributed by atoms with E-state index in [2.05, 4.69) is 456 Å². The first-order chi connectivity index (χ1) is 60.7. The van der Waals surface area contributed by atoms with Crippen molar-refractivity contribution in [3.8, 4) is 101 Å². The summed E-state index contributed by atoms with van der Waals surface area (Å²) in [7, 11) is -0.405. The summed E-state index contributed by atoms with van der Waals surface area (Å²) in [4.78, 5) is 0. The number of para-hydroxylation sites is 2. The maximum absolute atomic E-state index is 7.04.